The van der Waals surface area contributed by atoms with E-state index in [1.165, 1.54) is 7.11 Å². The van der Waals surface area contributed by atoms with Crippen LogP contribution in [0.4, 0.5) is 0 Å². The number of nitrogens with zero attached hydrogens (tertiary/aromatic N) is 1. The number of quaternary nitrogens is 1. The van der Waals surface area contributed by atoms with Crippen molar-refractivity contribution in [2.24, 2.45) is 0 Å². The van der Waals surface area contributed by atoms with E-state index < -0.39 is 0 Å². The number of halogens is 1. The van der Waals surface area contributed by atoms with E-state index in [0.29, 0.717) is 16.9 Å². The molecule has 3 nitrogen and oxygen atoms in total. The molecule has 0 aliphatic rings. The lowest BCUT2D eigenvalue weighted by Crippen LogP contribution is -2.45. The fourth-order valence-electron chi connectivity index (χ4n) is 0.981. The van der Waals surface area contributed by atoms with E-state index >= 15 is 0 Å². The van der Waals surface area contributed by atoms with E-state index in [9.17, 15) is 4.79 Å². The topological polar surface area (TPSA) is 26.3 Å². The zero-order chi connectivity index (χ0) is 9.61. The Bertz CT molecular complexity index is 148. The second kappa shape index (κ2) is 5.38. The second-order valence-electron chi connectivity index (χ2n) is 3.44. The van der Waals surface area contributed by atoms with Gasteiger partial charge in [0, 0.05) is 12.3 Å². The summed E-state index contributed by atoms with van der Waals surface area (Å²) in [4.78, 5) is 10.9. The molecule has 4 heteroatoms. The summed E-state index contributed by atoms with van der Waals surface area (Å²) in [6.45, 7) is 1.31. The Labute approximate surface area is 78.8 Å². The quantitative estimate of drug-likeness (QED) is 0.369. The van der Waals surface area contributed by atoms with Crippen LogP contribution in [0.25, 0.3) is 0 Å². The molecule has 0 amide bonds. The third-order valence-electron chi connectivity index (χ3n) is 1.68. The highest BCUT2D eigenvalue weighted by molar-refractivity contribution is 6.17. The van der Waals surface area contributed by atoms with Gasteiger partial charge in [0.15, 0.2) is 6.54 Å². The van der Waals surface area contributed by atoms with Gasteiger partial charge in [-0.3, -0.25) is 0 Å². The van der Waals surface area contributed by atoms with E-state index in [-0.39, 0.29) is 5.97 Å². The highest BCUT2D eigenvalue weighted by atomic mass is 35.5. The Hall–Kier alpha value is -0.280. The summed E-state index contributed by atoms with van der Waals surface area (Å²) in [6.07, 6.45) is 0.922. The Morgan fingerprint density at radius 2 is 2.08 bits per heavy atom. The highest BCUT2D eigenvalue weighted by Crippen LogP contribution is 2.00. The number of carbonyl (C=O) groups excluding carboxylic acids is 1. The van der Waals surface area contributed by atoms with Gasteiger partial charge in [0.1, 0.15) is 0 Å². The Kier molecular flexibility index (Phi) is 5.25. The lowest BCUT2D eigenvalue weighted by atomic mass is 10.3. The minimum absolute atomic E-state index is 0.172. The standard InChI is InChI=1S/C8H17ClNO2/c1-10(2,6-4-5-9)7-8(11)12-3/h4-7H2,1-3H3/q+1. The van der Waals surface area contributed by atoms with Crippen LogP contribution in [-0.2, 0) is 9.53 Å². The van der Waals surface area contributed by atoms with Gasteiger partial charge in [-0.1, -0.05) is 0 Å². The van der Waals surface area contributed by atoms with Gasteiger partial charge in [-0.2, -0.15) is 0 Å². The minimum atomic E-state index is -0.172. The van der Waals surface area contributed by atoms with Crippen molar-refractivity contribution in [3.63, 3.8) is 0 Å². The number of rotatable bonds is 5. The maximum Gasteiger partial charge on any atom is 0.361 e. The summed E-state index contributed by atoms with van der Waals surface area (Å²) in [5.41, 5.74) is 0. The van der Waals surface area contributed by atoms with Crippen LogP contribution in [0.5, 0.6) is 0 Å². The first-order valence-electron chi connectivity index (χ1n) is 3.96. The van der Waals surface area contributed by atoms with Crippen molar-refractivity contribution in [1.29, 1.82) is 0 Å². The molecule has 0 saturated carbocycles. The van der Waals surface area contributed by atoms with Crippen LogP contribution in [0.15, 0.2) is 0 Å². The molecule has 72 valence electrons. The molecule has 0 radical (unpaired) electrons. The number of methoxy groups -OCH3 is 1. The maximum atomic E-state index is 10.9. The lowest BCUT2D eigenvalue weighted by molar-refractivity contribution is -0.883. The Balaban J connectivity index is 3.77. The smallest absolute Gasteiger partial charge is 0.361 e. The molecule has 0 aromatic heterocycles. The first-order chi connectivity index (χ1) is 5.52. The van der Waals surface area contributed by atoms with E-state index in [2.05, 4.69) is 4.74 Å². The van der Waals surface area contributed by atoms with Crippen LogP contribution in [-0.4, -0.2) is 50.6 Å². The van der Waals surface area contributed by atoms with Gasteiger partial charge in [0.05, 0.1) is 27.7 Å². The van der Waals surface area contributed by atoms with E-state index in [4.69, 9.17) is 11.6 Å². The monoisotopic (exact) mass is 194 g/mol. The van der Waals surface area contributed by atoms with Gasteiger partial charge in [-0.15, -0.1) is 11.6 Å². The molecule has 0 heterocycles. The van der Waals surface area contributed by atoms with Crippen molar-refractivity contribution in [2.75, 3.05) is 40.2 Å². The molecule has 0 unspecified atom stereocenters. The van der Waals surface area contributed by atoms with Gasteiger partial charge >= 0.3 is 5.97 Å². The number of ether oxygens (including phenoxy) is 1. The third-order valence-corrected chi connectivity index (χ3v) is 1.95. The molecule has 0 bridgehead atoms. The molecule has 0 rings (SSSR count). The zero-order valence-electron chi connectivity index (χ0n) is 7.97. The molecule has 0 N–H and O–H groups in total. The van der Waals surface area contributed by atoms with Crippen molar-refractivity contribution in [3.05, 3.63) is 0 Å². The van der Waals surface area contributed by atoms with Gasteiger partial charge < -0.3 is 9.22 Å². The summed E-state index contributed by atoms with van der Waals surface area (Å²) in [5, 5.41) is 0. The summed E-state index contributed by atoms with van der Waals surface area (Å²) in [5.74, 6) is 0.470. The number of likely N-dealkylation sites (N-methyl/N-ethyl adjacent to an activating group) is 1. The summed E-state index contributed by atoms with van der Waals surface area (Å²) >= 11 is 5.55. The SMILES string of the molecule is COC(=O)C[N+](C)(C)CCCCl. The molecule has 0 fully saturated rings. The minimum Gasteiger partial charge on any atom is -0.465 e. The van der Waals surface area contributed by atoms with Gasteiger partial charge in [0.25, 0.3) is 0 Å². The average molecular weight is 195 g/mol. The molecule has 0 aliphatic heterocycles. The molecule has 0 spiro atoms. The number of alkyl halides is 1. The summed E-state index contributed by atoms with van der Waals surface area (Å²) in [6, 6.07) is 0. The predicted octanol–water partition coefficient (Wildman–Crippen LogP) is 0.865. The fourth-order valence-corrected chi connectivity index (χ4v) is 1.10. The molecule has 0 aromatic carbocycles. The summed E-state index contributed by atoms with van der Waals surface area (Å²) < 4.78 is 5.22. The Morgan fingerprint density at radius 3 is 2.50 bits per heavy atom. The second-order valence-corrected chi connectivity index (χ2v) is 3.81. The molecule has 12 heavy (non-hydrogen) atoms. The van der Waals surface area contributed by atoms with Crippen molar-refractivity contribution in [1.82, 2.24) is 0 Å². The number of hydrogen-bond donors (Lipinski definition) is 0. The molecular weight excluding hydrogens is 178 g/mol. The van der Waals surface area contributed by atoms with Crippen molar-refractivity contribution < 1.29 is 14.0 Å². The van der Waals surface area contributed by atoms with Crippen LogP contribution in [0, 0.1) is 0 Å². The largest absolute Gasteiger partial charge is 0.465 e. The normalized spacial score (nSPS) is 11.3. The van der Waals surface area contributed by atoms with Crippen molar-refractivity contribution >= 4 is 17.6 Å². The maximum absolute atomic E-state index is 10.9. The predicted molar refractivity (Wildman–Crippen MR) is 49.2 cm³/mol. The average Bonchev–Trinajstić information content (AvgIpc) is 2.00. The van der Waals surface area contributed by atoms with Crippen molar-refractivity contribution in [2.45, 2.75) is 6.42 Å². The lowest BCUT2D eigenvalue weighted by Gasteiger charge is -2.27. The molecule has 0 aromatic rings. The fraction of sp³-hybridized carbons (Fsp3) is 0.875. The van der Waals surface area contributed by atoms with Gasteiger partial charge in [0.2, 0.25) is 0 Å². The first-order valence-corrected chi connectivity index (χ1v) is 4.50. The van der Waals surface area contributed by atoms with E-state index in [1.807, 2.05) is 14.1 Å². The number of hydrogen-bond acceptors (Lipinski definition) is 2. The third kappa shape index (κ3) is 5.38. The van der Waals surface area contributed by atoms with E-state index in [0.717, 1.165) is 13.0 Å². The van der Waals surface area contributed by atoms with Crippen LogP contribution in [0.2, 0.25) is 0 Å². The molecule has 0 saturated heterocycles. The van der Waals surface area contributed by atoms with Crippen LogP contribution in [0.1, 0.15) is 6.42 Å². The zero-order valence-corrected chi connectivity index (χ0v) is 8.73. The number of carbonyl (C=O) groups is 1. The van der Waals surface area contributed by atoms with Crippen molar-refractivity contribution in [3.8, 4) is 0 Å². The molecular formula is C8H17ClNO2+. The molecule has 0 atom stereocenters. The van der Waals surface area contributed by atoms with Crippen LogP contribution in [0.3, 0.4) is 0 Å². The van der Waals surface area contributed by atoms with Crippen LogP contribution < -0.4 is 0 Å². The van der Waals surface area contributed by atoms with Crippen LogP contribution >= 0.6 is 11.6 Å². The van der Waals surface area contributed by atoms with Gasteiger partial charge in [-0.25, -0.2) is 4.79 Å². The number of esters is 1. The summed E-state index contributed by atoms with van der Waals surface area (Å²) in [7, 11) is 5.39. The first kappa shape index (κ1) is 11.7. The molecule has 0 aliphatic carbocycles. The highest BCUT2D eigenvalue weighted by Gasteiger charge is 2.19. The van der Waals surface area contributed by atoms with E-state index in [1.54, 1.807) is 0 Å². The van der Waals surface area contributed by atoms with Gasteiger partial charge in [-0.05, 0) is 0 Å². The Morgan fingerprint density at radius 1 is 1.50 bits per heavy atom.